The molecule has 1 amide bonds. The molecule has 0 spiro atoms. The van der Waals surface area contributed by atoms with Crippen LogP contribution < -0.4 is 14.8 Å². The van der Waals surface area contributed by atoms with E-state index in [2.05, 4.69) is 17.2 Å². The zero-order valence-electron chi connectivity index (χ0n) is 13.0. The van der Waals surface area contributed by atoms with E-state index in [1.807, 2.05) is 49.4 Å². The highest BCUT2D eigenvalue weighted by atomic mass is 16.5. The van der Waals surface area contributed by atoms with Crippen molar-refractivity contribution in [2.75, 3.05) is 19.8 Å². The summed E-state index contributed by atoms with van der Waals surface area (Å²) in [7, 11) is 0. The van der Waals surface area contributed by atoms with Gasteiger partial charge < -0.3 is 14.8 Å². The van der Waals surface area contributed by atoms with Crippen LogP contribution >= 0.6 is 0 Å². The Labute approximate surface area is 136 Å². The maximum Gasteiger partial charge on any atom is 0.258 e. The van der Waals surface area contributed by atoms with Crippen LogP contribution in [0.3, 0.4) is 0 Å². The summed E-state index contributed by atoms with van der Waals surface area (Å²) >= 11 is 0. The van der Waals surface area contributed by atoms with E-state index in [9.17, 15) is 4.79 Å². The molecule has 0 unspecified atom stereocenters. The van der Waals surface area contributed by atoms with Crippen LogP contribution in [0.1, 0.15) is 5.56 Å². The number of aryl methyl sites for hydroxylation is 1. The monoisotopic (exact) mass is 309 g/mol. The summed E-state index contributed by atoms with van der Waals surface area (Å²) < 4.78 is 10.9. The Morgan fingerprint density at radius 3 is 2.52 bits per heavy atom. The molecule has 0 bridgehead atoms. The maximum absolute atomic E-state index is 11.6. The Kier molecular flexibility index (Phi) is 6.55. The van der Waals surface area contributed by atoms with E-state index in [-0.39, 0.29) is 19.1 Å². The summed E-state index contributed by atoms with van der Waals surface area (Å²) in [6, 6.07) is 17.0. The molecule has 0 atom stereocenters. The van der Waals surface area contributed by atoms with Gasteiger partial charge in [-0.2, -0.15) is 0 Å². The summed E-state index contributed by atoms with van der Waals surface area (Å²) in [5, 5.41) is 2.67. The van der Waals surface area contributed by atoms with Gasteiger partial charge >= 0.3 is 0 Å². The third kappa shape index (κ3) is 6.15. The highest BCUT2D eigenvalue weighted by Gasteiger charge is 2.00. The minimum Gasteiger partial charge on any atom is -0.484 e. The minimum atomic E-state index is -0.206. The first-order valence-corrected chi connectivity index (χ1v) is 7.34. The molecule has 0 fully saturated rings. The normalized spacial score (nSPS) is 9.43. The summed E-state index contributed by atoms with van der Waals surface area (Å²) in [6.45, 7) is 2.52. The minimum absolute atomic E-state index is 0.0224. The van der Waals surface area contributed by atoms with Crippen LogP contribution in [0.4, 0.5) is 0 Å². The van der Waals surface area contributed by atoms with E-state index >= 15 is 0 Å². The average Bonchev–Trinajstić information content (AvgIpc) is 2.58. The number of hydrogen-bond donors (Lipinski definition) is 1. The molecule has 0 aliphatic heterocycles. The second kappa shape index (κ2) is 9.16. The molecule has 0 saturated carbocycles. The Hall–Kier alpha value is -2.93. The number of amides is 1. The average molecular weight is 309 g/mol. The standard InChI is InChI=1S/C19H19NO3/c1-16-9-5-6-12-18(16)22-14-8-7-13-20-19(21)15-23-17-10-3-2-4-11-17/h2-6,9-12H,13-15H2,1H3,(H,20,21). The smallest absolute Gasteiger partial charge is 0.258 e. The fourth-order valence-corrected chi connectivity index (χ4v) is 1.81. The quantitative estimate of drug-likeness (QED) is 0.834. The van der Waals surface area contributed by atoms with E-state index < -0.39 is 0 Å². The Morgan fingerprint density at radius 2 is 1.74 bits per heavy atom. The number of para-hydroxylation sites is 2. The van der Waals surface area contributed by atoms with Gasteiger partial charge in [-0.05, 0) is 30.7 Å². The lowest BCUT2D eigenvalue weighted by Gasteiger charge is -2.05. The molecule has 4 heteroatoms. The second-order valence-corrected chi connectivity index (χ2v) is 4.79. The number of benzene rings is 2. The van der Waals surface area contributed by atoms with E-state index in [0.29, 0.717) is 12.4 Å². The molecule has 23 heavy (non-hydrogen) atoms. The summed E-state index contributed by atoms with van der Waals surface area (Å²) in [5.41, 5.74) is 1.07. The van der Waals surface area contributed by atoms with Crippen LogP contribution in [-0.2, 0) is 4.79 Å². The van der Waals surface area contributed by atoms with Crippen LogP contribution in [0.25, 0.3) is 0 Å². The van der Waals surface area contributed by atoms with Crippen molar-refractivity contribution in [3.63, 3.8) is 0 Å². The van der Waals surface area contributed by atoms with Gasteiger partial charge in [0.1, 0.15) is 18.1 Å². The second-order valence-electron chi connectivity index (χ2n) is 4.79. The molecule has 0 heterocycles. The van der Waals surface area contributed by atoms with Crippen LogP contribution in [0, 0.1) is 18.8 Å². The first kappa shape index (κ1) is 16.4. The SMILES string of the molecule is Cc1ccccc1OCC#CCNC(=O)COc1ccccc1. The number of rotatable bonds is 6. The molecule has 0 radical (unpaired) electrons. The largest absolute Gasteiger partial charge is 0.484 e. The third-order valence-corrected chi connectivity index (χ3v) is 3.01. The topological polar surface area (TPSA) is 47.6 Å². The number of ether oxygens (including phenoxy) is 2. The van der Waals surface area contributed by atoms with Crippen molar-refractivity contribution in [2.24, 2.45) is 0 Å². The van der Waals surface area contributed by atoms with Gasteiger partial charge in [-0.25, -0.2) is 0 Å². The summed E-state index contributed by atoms with van der Waals surface area (Å²) in [6.07, 6.45) is 0. The molecule has 2 rings (SSSR count). The Morgan fingerprint density at radius 1 is 1.00 bits per heavy atom. The number of nitrogens with one attached hydrogen (secondary N) is 1. The lowest BCUT2D eigenvalue weighted by atomic mass is 10.2. The Bertz CT molecular complexity index is 687. The number of carbonyl (C=O) groups excluding carboxylic acids is 1. The predicted octanol–water partition coefficient (Wildman–Crippen LogP) is 2.57. The molecule has 2 aromatic carbocycles. The lowest BCUT2D eigenvalue weighted by molar-refractivity contribution is -0.122. The van der Waals surface area contributed by atoms with E-state index in [1.54, 1.807) is 12.1 Å². The van der Waals surface area contributed by atoms with Gasteiger partial charge in [0.15, 0.2) is 6.61 Å². The first-order valence-electron chi connectivity index (χ1n) is 7.34. The van der Waals surface area contributed by atoms with Crippen molar-refractivity contribution in [3.05, 3.63) is 60.2 Å². The van der Waals surface area contributed by atoms with Crippen molar-refractivity contribution in [3.8, 4) is 23.3 Å². The van der Waals surface area contributed by atoms with Crippen molar-refractivity contribution in [1.29, 1.82) is 0 Å². The maximum atomic E-state index is 11.6. The zero-order valence-corrected chi connectivity index (χ0v) is 13.0. The molecule has 118 valence electrons. The molecule has 0 saturated heterocycles. The lowest BCUT2D eigenvalue weighted by Crippen LogP contribution is -2.29. The first-order chi connectivity index (χ1) is 11.3. The van der Waals surface area contributed by atoms with Gasteiger partial charge in [0.2, 0.25) is 0 Å². The van der Waals surface area contributed by atoms with E-state index in [0.717, 1.165) is 11.3 Å². The highest BCUT2D eigenvalue weighted by Crippen LogP contribution is 2.15. The number of hydrogen-bond acceptors (Lipinski definition) is 3. The van der Waals surface area contributed by atoms with Gasteiger partial charge in [0.05, 0.1) is 6.54 Å². The van der Waals surface area contributed by atoms with Crippen molar-refractivity contribution in [1.82, 2.24) is 5.32 Å². The molecule has 1 N–H and O–H groups in total. The third-order valence-electron chi connectivity index (χ3n) is 3.01. The summed E-state index contributed by atoms with van der Waals surface area (Å²) in [5.74, 6) is 6.99. The van der Waals surface area contributed by atoms with E-state index in [1.165, 1.54) is 0 Å². The van der Waals surface area contributed by atoms with Gasteiger partial charge in [0, 0.05) is 0 Å². The molecular weight excluding hydrogens is 290 g/mol. The summed E-state index contributed by atoms with van der Waals surface area (Å²) in [4.78, 5) is 11.6. The van der Waals surface area contributed by atoms with Crippen molar-refractivity contribution in [2.45, 2.75) is 6.92 Å². The predicted molar refractivity (Wildman–Crippen MR) is 89.4 cm³/mol. The van der Waals surface area contributed by atoms with Gasteiger partial charge in [-0.1, -0.05) is 48.2 Å². The number of carbonyl (C=O) groups is 1. The van der Waals surface area contributed by atoms with Crippen LogP contribution in [-0.4, -0.2) is 25.7 Å². The molecule has 4 nitrogen and oxygen atoms in total. The molecule has 2 aromatic rings. The fraction of sp³-hybridized carbons (Fsp3) is 0.211. The molecular formula is C19H19NO3. The van der Waals surface area contributed by atoms with Gasteiger partial charge in [-0.15, -0.1) is 0 Å². The fourth-order valence-electron chi connectivity index (χ4n) is 1.81. The zero-order chi connectivity index (χ0) is 16.3. The molecule has 0 aliphatic carbocycles. The van der Waals surface area contributed by atoms with Crippen LogP contribution in [0.5, 0.6) is 11.5 Å². The van der Waals surface area contributed by atoms with Gasteiger partial charge in [-0.3, -0.25) is 4.79 Å². The highest BCUT2D eigenvalue weighted by molar-refractivity contribution is 5.77. The Balaban J connectivity index is 1.61. The molecule has 0 aliphatic rings. The van der Waals surface area contributed by atoms with Gasteiger partial charge in [0.25, 0.3) is 5.91 Å². The van der Waals surface area contributed by atoms with Crippen LogP contribution in [0.15, 0.2) is 54.6 Å². The van der Waals surface area contributed by atoms with E-state index in [4.69, 9.17) is 9.47 Å². The van der Waals surface area contributed by atoms with Crippen LogP contribution in [0.2, 0.25) is 0 Å². The van der Waals surface area contributed by atoms with Crippen molar-refractivity contribution < 1.29 is 14.3 Å². The molecule has 0 aromatic heterocycles. The van der Waals surface area contributed by atoms with Crippen molar-refractivity contribution >= 4 is 5.91 Å².